The number of primary sulfonamides is 1. The number of hydrogen-bond acceptors (Lipinski definition) is 5. The topological polar surface area (TPSA) is 95.2 Å². The van der Waals surface area contributed by atoms with Gasteiger partial charge in [0.05, 0.1) is 25.2 Å². The van der Waals surface area contributed by atoms with Gasteiger partial charge in [-0.15, -0.1) is 13.2 Å². The van der Waals surface area contributed by atoms with Gasteiger partial charge in [0.1, 0.15) is 5.25 Å². The summed E-state index contributed by atoms with van der Waals surface area (Å²) in [4.78, 5) is 8.04. The molecule has 0 aliphatic rings. The van der Waals surface area contributed by atoms with E-state index in [4.69, 9.17) is 9.88 Å². The summed E-state index contributed by atoms with van der Waals surface area (Å²) in [5.74, 6) is -0.261. The van der Waals surface area contributed by atoms with Crippen molar-refractivity contribution in [3.05, 3.63) is 43.4 Å². The maximum atomic E-state index is 11.4. The van der Waals surface area contributed by atoms with Gasteiger partial charge in [-0.3, -0.25) is 4.98 Å². The van der Waals surface area contributed by atoms with Crippen LogP contribution in [0, 0.1) is 0 Å². The van der Waals surface area contributed by atoms with Gasteiger partial charge >= 0.3 is 0 Å². The lowest BCUT2D eigenvalue weighted by Gasteiger charge is -2.18. The minimum absolute atomic E-state index is 0.340. The standard InChI is InChI=1S/C11H15N3O3S/c1-4-8(10(5-2)18(12,15)16)9-6-14-11(17-3)7-13-9/h4-8,10H,1-2H2,3H3,(H2,12,15,16)/t8-,10+/m0/s1. The highest BCUT2D eigenvalue weighted by Gasteiger charge is 2.28. The first-order chi connectivity index (χ1) is 8.43. The van der Waals surface area contributed by atoms with Gasteiger partial charge in [0.2, 0.25) is 15.9 Å². The van der Waals surface area contributed by atoms with Crippen LogP contribution in [0.2, 0.25) is 0 Å². The summed E-state index contributed by atoms with van der Waals surface area (Å²) in [5.41, 5.74) is 0.435. The van der Waals surface area contributed by atoms with Gasteiger partial charge in [-0.2, -0.15) is 0 Å². The lowest BCUT2D eigenvalue weighted by Crippen LogP contribution is -2.32. The largest absolute Gasteiger partial charge is 0.480 e. The Hall–Kier alpha value is -1.73. The van der Waals surface area contributed by atoms with Crippen molar-refractivity contribution in [1.29, 1.82) is 0 Å². The first-order valence-corrected chi connectivity index (χ1v) is 6.67. The van der Waals surface area contributed by atoms with Gasteiger partial charge in [0.15, 0.2) is 0 Å². The number of aromatic nitrogens is 2. The minimum atomic E-state index is -3.78. The molecule has 0 aromatic carbocycles. The van der Waals surface area contributed by atoms with Crippen molar-refractivity contribution in [2.75, 3.05) is 7.11 Å². The van der Waals surface area contributed by atoms with E-state index in [1.807, 2.05) is 0 Å². The maximum absolute atomic E-state index is 11.4. The van der Waals surface area contributed by atoms with Crippen LogP contribution in [-0.4, -0.2) is 30.7 Å². The zero-order chi connectivity index (χ0) is 13.8. The molecule has 0 spiro atoms. The minimum Gasteiger partial charge on any atom is -0.480 e. The third-order valence-corrected chi connectivity index (χ3v) is 3.66. The summed E-state index contributed by atoms with van der Waals surface area (Å²) in [5, 5.41) is 4.15. The Morgan fingerprint density at radius 3 is 2.33 bits per heavy atom. The van der Waals surface area contributed by atoms with E-state index in [2.05, 4.69) is 23.1 Å². The second-order valence-electron chi connectivity index (χ2n) is 3.53. The molecule has 2 N–H and O–H groups in total. The van der Waals surface area contributed by atoms with E-state index in [1.54, 1.807) is 0 Å². The summed E-state index contributed by atoms with van der Waals surface area (Å²) in [6.07, 6.45) is 5.53. The fourth-order valence-corrected chi connectivity index (χ4v) is 2.44. The fourth-order valence-electron chi connectivity index (χ4n) is 1.51. The quantitative estimate of drug-likeness (QED) is 0.763. The highest BCUT2D eigenvalue weighted by molar-refractivity contribution is 7.90. The molecule has 1 aromatic rings. The number of ether oxygens (including phenoxy) is 1. The highest BCUT2D eigenvalue weighted by atomic mass is 32.2. The van der Waals surface area contributed by atoms with Crippen molar-refractivity contribution in [1.82, 2.24) is 9.97 Å². The Morgan fingerprint density at radius 2 is 2.00 bits per heavy atom. The molecule has 7 heteroatoms. The molecule has 0 bridgehead atoms. The Balaban J connectivity index is 3.15. The number of hydrogen-bond donors (Lipinski definition) is 1. The summed E-state index contributed by atoms with van der Waals surface area (Å²) < 4.78 is 27.8. The number of nitrogens with zero attached hydrogens (tertiary/aromatic N) is 2. The van der Waals surface area contributed by atoms with Crippen molar-refractivity contribution in [3.63, 3.8) is 0 Å². The first kappa shape index (κ1) is 14.3. The number of rotatable bonds is 6. The Kier molecular flexibility index (Phi) is 4.57. The van der Waals surface area contributed by atoms with Gasteiger partial charge in [-0.05, 0) is 0 Å². The molecular weight excluding hydrogens is 254 g/mol. The van der Waals surface area contributed by atoms with E-state index in [0.29, 0.717) is 11.6 Å². The molecule has 0 saturated heterocycles. The number of nitrogens with two attached hydrogens (primary N) is 1. The molecule has 0 radical (unpaired) electrons. The second kappa shape index (κ2) is 5.74. The van der Waals surface area contributed by atoms with E-state index in [9.17, 15) is 8.42 Å². The van der Waals surface area contributed by atoms with Crippen LogP contribution >= 0.6 is 0 Å². The molecule has 1 aromatic heterocycles. The van der Waals surface area contributed by atoms with Crippen LogP contribution in [0.4, 0.5) is 0 Å². The smallest absolute Gasteiger partial charge is 0.231 e. The van der Waals surface area contributed by atoms with Crippen LogP contribution in [0.3, 0.4) is 0 Å². The molecule has 1 heterocycles. The summed E-state index contributed by atoms with van der Waals surface area (Å²) in [6.45, 7) is 7.07. The molecule has 0 fully saturated rings. The monoisotopic (exact) mass is 269 g/mol. The van der Waals surface area contributed by atoms with Crippen LogP contribution in [0.25, 0.3) is 0 Å². The average Bonchev–Trinajstić information content (AvgIpc) is 2.34. The van der Waals surface area contributed by atoms with Crippen molar-refractivity contribution in [3.8, 4) is 5.88 Å². The third kappa shape index (κ3) is 3.14. The zero-order valence-electron chi connectivity index (χ0n) is 9.98. The molecule has 18 heavy (non-hydrogen) atoms. The SMILES string of the molecule is C=C[C@H]([C@@H](C=C)c1cnc(OC)cn1)S(N)(=O)=O. The predicted molar refractivity (Wildman–Crippen MR) is 68.6 cm³/mol. The molecule has 2 atom stereocenters. The lowest BCUT2D eigenvalue weighted by molar-refractivity contribution is 0.395. The van der Waals surface area contributed by atoms with Crippen molar-refractivity contribution in [2.45, 2.75) is 11.2 Å². The second-order valence-corrected chi connectivity index (χ2v) is 5.26. The van der Waals surface area contributed by atoms with E-state index in [1.165, 1.54) is 31.7 Å². The summed E-state index contributed by atoms with van der Waals surface area (Å²) in [7, 11) is -2.31. The number of allylic oxidation sites excluding steroid dienone is 1. The summed E-state index contributed by atoms with van der Waals surface area (Å²) >= 11 is 0. The van der Waals surface area contributed by atoms with E-state index in [-0.39, 0.29) is 0 Å². The van der Waals surface area contributed by atoms with Crippen LogP contribution in [0.15, 0.2) is 37.7 Å². The average molecular weight is 269 g/mol. The number of methoxy groups -OCH3 is 1. The molecule has 0 saturated carbocycles. The predicted octanol–water partition coefficient (Wildman–Crippen LogP) is 0.598. The molecule has 98 valence electrons. The van der Waals surface area contributed by atoms with E-state index in [0.717, 1.165) is 0 Å². The van der Waals surface area contributed by atoms with Crippen molar-refractivity contribution in [2.24, 2.45) is 5.14 Å². The number of sulfonamides is 1. The van der Waals surface area contributed by atoms with Gasteiger partial charge in [-0.1, -0.05) is 12.2 Å². The van der Waals surface area contributed by atoms with E-state index >= 15 is 0 Å². The van der Waals surface area contributed by atoms with Crippen molar-refractivity contribution >= 4 is 10.0 Å². The van der Waals surface area contributed by atoms with Gasteiger partial charge < -0.3 is 4.74 Å². The molecule has 0 aliphatic heterocycles. The van der Waals surface area contributed by atoms with Gasteiger partial charge in [-0.25, -0.2) is 18.5 Å². The molecule has 0 aliphatic carbocycles. The van der Waals surface area contributed by atoms with Crippen LogP contribution in [-0.2, 0) is 10.0 Å². The van der Waals surface area contributed by atoms with E-state index < -0.39 is 21.2 Å². The zero-order valence-corrected chi connectivity index (χ0v) is 10.8. The third-order valence-electron chi connectivity index (χ3n) is 2.42. The first-order valence-electron chi connectivity index (χ1n) is 5.06. The Morgan fingerprint density at radius 1 is 1.33 bits per heavy atom. The molecule has 6 nitrogen and oxygen atoms in total. The molecule has 0 amide bonds. The Labute approximate surface area is 106 Å². The van der Waals surface area contributed by atoms with Crippen LogP contribution in [0.1, 0.15) is 11.6 Å². The Bertz CT molecular complexity index is 525. The molecular formula is C11H15N3O3S. The van der Waals surface area contributed by atoms with Crippen LogP contribution in [0.5, 0.6) is 5.88 Å². The van der Waals surface area contributed by atoms with Gasteiger partial charge in [0, 0.05) is 5.92 Å². The van der Waals surface area contributed by atoms with Crippen molar-refractivity contribution < 1.29 is 13.2 Å². The molecule has 0 unspecified atom stereocenters. The normalized spacial score (nSPS) is 14.6. The maximum Gasteiger partial charge on any atom is 0.231 e. The van der Waals surface area contributed by atoms with Crippen LogP contribution < -0.4 is 9.88 Å². The summed E-state index contributed by atoms with van der Waals surface area (Å²) in [6, 6.07) is 0. The highest BCUT2D eigenvalue weighted by Crippen LogP contribution is 2.24. The lowest BCUT2D eigenvalue weighted by atomic mass is 10.0. The fraction of sp³-hybridized carbons (Fsp3) is 0.273. The van der Waals surface area contributed by atoms with Gasteiger partial charge in [0.25, 0.3) is 0 Å². The molecule has 1 rings (SSSR count).